The number of imidazole rings is 2. The number of nitrogens with one attached hydrogen (secondary N) is 1. The van der Waals surface area contributed by atoms with E-state index < -0.39 is 5.97 Å². The van der Waals surface area contributed by atoms with Crippen LogP contribution in [0.25, 0.3) is 16.8 Å². The number of fused-ring (bicyclic) bond motifs is 3. The molecule has 0 radical (unpaired) electrons. The van der Waals surface area contributed by atoms with E-state index in [9.17, 15) is 9.90 Å². The Bertz CT molecular complexity index is 767. The van der Waals surface area contributed by atoms with Crippen LogP contribution in [0.2, 0.25) is 0 Å². The fraction of sp³-hybridized carbons (Fsp3) is 0.231. The number of benzene rings is 1. The zero-order chi connectivity index (χ0) is 12.9. The first-order valence-electron chi connectivity index (χ1n) is 5.84. The Hall–Kier alpha value is -2.30. The maximum atomic E-state index is 11.3. The first-order valence-corrected chi connectivity index (χ1v) is 5.84. The molecular weight excluding hydrogens is 230 g/mol. The molecular formula is C13H13N3O2. The number of aromatic amines is 1. The third kappa shape index (κ3) is 1.33. The third-order valence-electron chi connectivity index (χ3n) is 3.21. The number of aromatic nitrogens is 3. The van der Waals surface area contributed by atoms with E-state index in [2.05, 4.69) is 16.9 Å². The minimum atomic E-state index is -0.944. The lowest BCUT2D eigenvalue weighted by Crippen LogP contribution is -2.03. The van der Waals surface area contributed by atoms with Gasteiger partial charge in [-0.15, -0.1) is 0 Å². The van der Waals surface area contributed by atoms with Gasteiger partial charge < -0.3 is 10.1 Å². The minimum Gasteiger partial charge on any atom is -0.477 e. The second kappa shape index (κ2) is 3.60. The highest BCUT2D eigenvalue weighted by atomic mass is 16.4. The standard InChI is InChI=1S/C13H13N3O2/c1-3-8-4-5-9-10(6-8)16-11(12(17)18)7(2)14-13(16)15-9/h4-6H,3H2,1-2H3,(H,14,15)(H,17,18). The molecule has 0 spiro atoms. The first-order chi connectivity index (χ1) is 8.61. The number of nitrogens with zero attached hydrogens (tertiary/aromatic N) is 2. The second-order valence-electron chi connectivity index (χ2n) is 4.35. The van der Waals surface area contributed by atoms with E-state index >= 15 is 0 Å². The Balaban J connectivity index is 2.47. The molecule has 5 nitrogen and oxygen atoms in total. The summed E-state index contributed by atoms with van der Waals surface area (Å²) in [6.45, 7) is 3.81. The van der Waals surface area contributed by atoms with Crippen molar-refractivity contribution in [3.05, 3.63) is 35.2 Å². The molecule has 0 atom stereocenters. The number of aryl methyl sites for hydroxylation is 2. The van der Waals surface area contributed by atoms with E-state index in [1.165, 1.54) is 5.56 Å². The van der Waals surface area contributed by atoms with Gasteiger partial charge in [-0.05, 0) is 31.0 Å². The average Bonchev–Trinajstić information content (AvgIpc) is 2.82. The van der Waals surface area contributed by atoms with E-state index in [0.717, 1.165) is 17.5 Å². The maximum Gasteiger partial charge on any atom is 0.354 e. The summed E-state index contributed by atoms with van der Waals surface area (Å²) in [4.78, 5) is 18.7. The summed E-state index contributed by atoms with van der Waals surface area (Å²) in [5.41, 5.74) is 3.68. The van der Waals surface area contributed by atoms with Gasteiger partial charge in [0.05, 0.1) is 11.0 Å². The molecule has 0 saturated carbocycles. The molecule has 0 aliphatic carbocycles. The van der Waals surface area contributed by atoms with Crippen molar-refractivity contribution in [2.45, 2.75) is 20.3 Å². The molecule has 5 heteroatoms. The van der Waals surface area contributed by atoms with Gasteiger partial charge in [-0.25, -0.2) is 9.78 Å². The van der Waals surface area contributed by atoms with E-state index in [4.69, 9.17) is 0 Å². The van der Waals surface area contributed by atoms with Crippen LogP contribution >= 0.6 is 0 Å². The summed E-state index contributed by atoms with van der Waals surface area (Å²) < 4.78 is 1.67. The number of carboxylic acid groups (broad SMARTS) is 1. The third-order valence-corrected chi connectivity index (χ3v) is 3.21. The Labute approximate surface area is 103 Å². The van der Waals surface area contributed by atoms with Crippen molar-refractivity contribution in [3.8, 4) is 0 Å². The molecule has 3 rings (SSSR count). The van der Waals surface area contributed by atoms with Crippen LogP contribution in [-0.4, -0.2) is 25.4 Å². The summed E-state index contributed by atoms with van der Waals surface area (Å²) in [6, 6.07) is 5.94. The predicted molar refractivity (Wildman–Crippen MR) is 68.1 cm³/mol. The lowest BCUT2D eigenvalue weighted by atomic mass is 10.1. The summed E-state index contributed by atoms with van der Waals surface area (Å²) in [7, 11) is 0. The average molecular weight is 243 g/mol. The van der Waals surface area contributed by atoms with Crippen LogP contribution in [0, 0.1) is 6.92 Å². The number of H-pyrrole nitrogens is 1. The quantitative estimate of drug-likeness (QED) is 0.726. The van der Waals surface area contributed by atoms with Crippen molar-refractivity contribution < 1.29 is 9.90 Å². The summed E-state index contributed by atoms with van der Waals surface area (Å²) in [6.07, 6.45) is 0.912. The van der Waals surface area contributed by atoms with Crippen molar-refractivity contribution in [2.24, 2.45) is 0 Å². The largest absolute Gasteiger partial charge is 0.477 e. The summed E-state index contributed by atoms with van der Waals surface area (Å²) >= 11 is 0. The lowest BCUT2D eigenvalue weighted by molar-refractivity contribution is 0.0689. The van der Waals surface area contributed by atoms with Crippen LogP contribution < -0.4 is 0 Å². The van der Waals surface area contributed by atoms with E-state index in [-0.39, 0.29) is 5.69 Å². The molecule has 0 fully saturated rings. The fourth-order valence-corrected chi connectivity index (χ4v) is 2.30. The van der Waals surface area contributed by atoms with Gasteiger partial charge in [0.15, 0.2) is 5.69 Å². The van der Waals surface area contributed by atoms with E-state index in [1.807, 2.05) is 18.2 Å². The molecule has 0 aliphatic heterocycles. The highest BCUT2D eigenvalue weighted by Gasteiger charge is 2.18. The van der Waals surface area contributed by atoms with Gasteiger partial charge in [0.2, 0.25) is 5.78 Å². The van der Waals surface area contributed by atoms with Gasteiger partial charge >= 0.3 is 5.97 Å². The van der Waals surface area contributed by atoms with E-state index in [1.54, 1.807) is 11.3 Å². The first kappa shape index (κ1) is 10.8. The molecule has 18 heavy (non-hydrogen) atoms. The van der Waals surface area contributed by atoms with Crippen LogP contribution in [0.15, 0.2) is 18.2 Å². The topological polar surface area (TPSA) is 70.4 Å². The molecule has 2 aromatic heterocycles. The monoisotopic (exact) mass is 243 g/mol. The summed E-state index contributed by atoms with van der Waals surface area (Å²) in [5.74, 6) is -0.367. The van der Waals surface area contributed by atoms with Crippen LogP contribution in [0.3, 0.4) is 0 Å². The SMILES string of the molecule is CCc1ccc2nc3[nH]c(C)c(C(=O)O)n3c2c1. The van der Waals surface area contributed by atoms with Crippen LogP contribution in [0.1, 0.15) is 28.7 Å². The minimum absolute atomic E-state index is 0.251. The normalized spacial score (nSPS) is 11.4. The molecule has 0 saturated heterocycles. The predicted octanol–water partition coefficient (Wildman–Crippen LogP) is 2.38. The van der Waals surface area contributed by atoms with Gasteiger partial charge in [-0.1, -0.05) is 13.0 Å². The molecule has 0 amide bonds. The van der Waals surface area contributed by atoms with Crippen LogP contribution in [0.5, 0.6) is 0 Å². The molecule has 0 unspecified atom stereocenters. The zero-order valence-corrected chi connectivity index (χ0v) is 10.2. The molecule has 0 aliphatic rings. The van der Waals surface area contributed by atoms with Crippen LogP contribution in [-0.2, 0) is 6.42 Å². The molecule has 0 bridgehead atoms. The highest BCUT2D eigenvalue weighted by molar-refractivity contribution is 5.92. The molecule has 1 aromatic carbocycles. The number of aromatic carboxylic acids is 1. The van der Waals surface area contributed by atoms with Crippen molar-refractivity contribution in [2.75, 3.05) is 0 Å². The number of carboxylic acids is 1. The Morgan fingerprint density at radius 2 is 2.28 bits per heavy atom. The van der Waals surface area contributed by atoms with Crippen LogP contribution in [0.4, 0.5) is 0 Å². The number of hydrogen-bond acceptors (Lipinski definition) is 2. The molecule has 2 N–H and O–H groups in total. The van der Waals surface area contributed by atoms with E-state index in [0.29, 0.717) is 11.5 Å². The summed E-state index contributed by atoms with van der Waals surface area (Å²) in [5, 5.41) is 9.29. The van der Waals surface area contributed by atoms with Crippen molar-refractivity contribution in [1.82, 2.24) is 14.4 Å². The second-order valence-corrected chi connectivity index (χ2v) is 4.35. The Morgan fingerprint density at radius 1 is 1.50 bits per heavy atom. The maximum absolute atomic E-state index is 11.3. The number of rotatable bonds is 2. The van der Waals surface area contributed by atoms with Crippen molar-refractivity contribution >= 4 is 22.8 Å². The highest BCUT2D eigenvalue weighted by Crippen LogP contribution is 2.22. The van der Waals surface area contributed by atoms with Crippen molar-refractivity contribution in [1.29, 1.82) is 0 Å². The van der Waals surface area contributed by atoms with Gasteiger partial charge in [0.25, 0.3) is 0 Å². The fourth-order valence-electron chi connectivity index (χ4n) is 2.30. The number of hydrogen-bond donors (Lipinski definition) is 2. The lowest BCUT2D eigenvalue weighted by Gasteiger charge is -1.99. The van der Waals surface area contributed by atoms with Crippen molar-refractivity contribution in [3.63, 3.8) is 0 Å². The van der Waals surface area contributed by atoms with Gasteiger partial charge in [0, 0.05) is 5.69 Å². The molecule has 3 aromatic rings. The van der Waals surface area contributed by atoms with Gasteiger partial charge in [-0.3, -0.25) is 4.40 Å². The molecule has 2 heterocycles. The Kier molecular flexibility index (Phi) is 2.16. The van der Waals surface area contributed by atoms with Gasteiger partial charge in [-0.2, -0.15) is 0 Å². The Morgan fingerprint density at radius 3 is 2.94 bits per heavy atom. The van der Waals surface area contributed by atoms with Gasteiger partial charge in [0.1, 0.15) is 0 Å². The smallest absolute Gasteiger partial charge is 0.354 e. The molecule has 92 valence electrons. The number of carbonyl (C=O) groups is 1. The zero-order valence-electron chi connectivity index (χ0n) is 10.2.